The number of benzene rings is 2. The van der Waals surface area contributed by atoms with Crippen molar-refractivity contribution in [2.24, 2.45) is 5.41 Å². The number of pyridine rings is 1. The molecule has 1 aliphatic heterocycles. The van der Waals surface area contributed by atoms with E-state index in [4.69, 9.17) is 16.3 Å². The molecule has 0 radical (unpaired) electrons. The highest BCUT2D eigenvalue weighted by atomic mass is 35.5. The molecule has 2 N–H and O–H groups in total. The van der Waals surface area contributed by atoms with Crippen LogP contribution in [0, 0.1) is 17.3 Å². The second kappa shape index (κ2) is 11.7. The standard InChI is InChI=1S/C31H29ClN6O2/c1-4-29(39)37-26-17-24-27(15-21(26)10-11-31(2)12-14-38(3)19-31)34-20-35-30(24)36-22-8-9-28(25(32)16-22)40-18-23-7-5-6-13-33-23/h4-9,13,15-17,20H,1,12,14,18-19H2,2-3H3,(H,37,39)(H,34,35,36)/t31-/m0/s1. The topological polar surface area (TPSA) is 92.3 Å². The van der Waals surface area contributed by atoms with E-state index < -0.39 is 0 Å². The van der Waals surface area contributed by atoms with Gasteiger partial charge in [0.15, 0.2) is 0 Å². The van der Waals surface area contributed by atoms with Gasteiger partial charge in [-0.3, -0.25) is 9.78 Å². The summed E-state index contributed by atoms with van der Waals surface area (Å²) >= 11 is 6.51. The number of carbonyl (C=O) groups is 1. The first-order chi connectivity index (χ1) is 19.3. The summed E-state index contributed by atoms with van der Waals surface area (Å²) in [6.07, 6.45) is 5.43. The lowest BCUT2D eigenvalue weighted by molar-refractivity contribution is -0.111. The molecule has 8 nitrogen and oxygen atoms in total. The molecule has 0 saturated carbocycles. The molecule has 2 aromatic carbocycles. The summed E-state index contributed by atoms with van der Waals surface area (Å²) in [7, 11) is 2.10. The van der Waals surface area contributed by atoms with E-state index in [1.807, 2.05) is 36.4 Å². The predicted molar refractivity (Wildman–Crippen MR) is 159 cm³/mol. The molecule has 5 rings (SSSR count). The molecule has 1 saturated heterocycles. The van der Waals surface area contributed by atoms with Crippen LogP contribution in [0.3, 0.4) is 0 Å². The molecule has 40 heavy (non-hydrogen) atoms. The summed E-state index contributed by atoms with van der Waals surface area (Å²) in [5.74, 6) is 7.51. The first-order valence-electron chi connectivity index (χ1n) is 12.8. The van der Waals surface area contributed by atoms with E-state index in [1.54, 1.807) is 18.3 Å². The first kappa shape index (κ1) is 27.1. The molecule has 1 atom stereocenters. The quantitative estimate of drug-likeness (QED) is 0.220. The van der Waals surface area contributed by atoms with Crippen LogP contribution in [-0.2, 0) is 11.4 Å². The van der Waals surface area contributed by atoms with Gasteiger partial charge in [-0.2, -0.15) is 0 Å². The van der Waals surface area contributed by atoms with Crippen LogP contribution in [0.4, 0.5) is 17.2 Å². The number of hydrogen-bond acceptors (Lipinski definition) is 7. The van der Waals surface area contributed by atoms with Gasteiger partial charge in [-0.15, -0.1) is 0 Å². The molecular formula is C31H29ClN6O2. The fourth-order valence-corrected chi connectivity index (χ4v) is 4.81. The number of carbonyl (C=O) groups excluding carboxylic acids is 1. The van der Waals surface area contributed by atoms with Gasteiger partial charge in [-0.1, -0.05) is 36.1 Å². The van der Waals surface area contributed by atoms with Gasteiger partial charge in [0, 0.05) is 29.2 Å². The van der Waals surface area contributed by atoms with E-state index in [1.165, 1.54) is 12.4 Å². The Bertz CT molecular complexity index is 1630. The lowest BCUT2D eigenvalue weighted by Gasteiger charge is -2.16. The third kappa shape index (κ3) is 6.40. The van der Waals surface area contributed by atoms with Crippen LogP contribution in [0.1, 0.15) is 24.6 Å². The molecule has 1 amide bonds. The Morgan fingerprint density at radius 2 is 2.10 bits per heavy atom. The van der Waals surface area contributed by atoms with Gasteiger partial charge in [-0.25, -0.2) is 9.97 Å². The highest BCUT2D eigenvalue weighted by molar-refractivity contribution is 6.32. The number of rotatable bonds is 7. The SMILES string of the molecule is C=CC(=O)Nc1cc2c(Nc3ccc(OCc4ccccn4)c(Cl)c3)ncnc2cc1C#C[C@@]1(C)CCN(C)C1. The second-order valence-corrected chi connectivity index (χ2v) is 10.4. The summed E-state index contributed by atoms with van der Waals surface area (Å²) in [6.45, 7) is 7.96. The van der Waals surface area contributed by atoms with Crippen LogP contribution in [0.15, 0.2) is 73.7 Å². The van der Waals surface area contributed by atoms with Gasteiger partial charge in [0.1, 0.15) is 24.5 Å². The summed E-state index contributed by atoms with van der Waals surface area (Å²) in [5, 5.41) is 7.36. The lowest BCUT2D eigenvalue weighted by Crippen LogP contribution is -2.20. The van der Waals surface area contributed by atoms with Gasteiger partial charge < -0.3 is 20.3 Å². The Kier molecular flexibility index (Phi) is 7.96. The zero-order valence-electron chi connectivity index (χ0n) is 22.4. The molecular weight excluding hydrogens is 524 g/mol. The average molecular weight is 553 g/mol. The van der Waals surface area contributed by atoms with Gasteiger partial charge in [0.2, 0.25) is 5.91 Å². The molecule has 202 valence electrons. The summed E-state index contributed by atoms with van der Waals surface area (Å²) < 4.78 is 5.84. The number of nitrogens with one attached hydrogen (secondary N) is 2. The van der Waals surface area contributed by atoms with E-state index in [0.29, 0.717) is 51.0 Å². The maximum Gasteiger partial charge on any atom is 0.247 e. The van der Waals surface area contributed by atoms with Crippen molar-refractivity contribution in [2.75, 3.05) is 30.8 Å². The fourth-order valence-electron chi connectivity index (χ4n) is 4.57. The number of halogens is 1. The minimum absolute atomic E-state index is 0.117. The molecule has 1 fully saturated rings. The normalized spacial score (nSPS) is 16.7. The predicted octanol–water partition coefficient (Wildman–Crippen LogP) is 5.82. The molecule has 0 unspecified atom stereocenters. The van der Waals surface area contributed by atoms with Crippen molar-refractivity contribution < 1.29 is 9.53 Å². The Hall–Kier alpha value is -4.45. The fraction of sp³-hybridized carbons (Fsp3) is 0.226. The summed E-state index contributed by atoms with van der Waals surface area (Å²) in [5.41, 5.74) is 3.34. The summed E-state index contributed by atoms with van der Waals surface area (Å²) in [4.78, 5) is 27.7. The van der Waals surface area contributed by atoms with E-state index in [0.717, 1.165) is 25.2 Å². The smallest absolute Gasteiger partial charge is 0.247 e. The number of amides is 1. The van der Waals surface area contributed by atoms with Crippen LogP contribution in [0.25, 0.3) is 10.9 Å². The Balaban J connectivity index is 1.43. The molecule has 0 bridgehead atoms. The zero-order chi connectivity index (χ0) is 28.1. The molecule has 4 aromatic rings. The Morgan fingerprint density at radius 1 is 1.23 bits per heavy atom. The minimum Gasteiger partial charge on any atom is -0.486 e. The number of aromatic nitrogens is 3. The maximum absolute atomic E-state index is 12.3. The van der Waals surface area contributed by atoms with Crippen LogP contribution in [0.5, 0.6) is 5.75 Å². The molecule has 2 aromatic heterocycles. The van der Waals surface area contributed by atoms with Crippen LogP contribution >= 0.6 is 11.6 Å². The van der Waals surface area contributed by atoms with Gasteiger partial charge in [-0.05, 0) is 75.5 Å². The van der Waals surface area contributed by atoms with Gasteiger partial charge in [0.05, 0.1) is 27.5 Å². The number of hydrogen-bond donors (Lipinski definition) is 2. The van der Waals surface area contributed by atoms with E-state index in [2.05, 4.69) is 62.9 Å². The number of nitrogens with zero attached hydrogens (tertiary/aromatic N) is 4. The van der Waals surface area contributed by atoms with Gasteiger partial charge >= 0.3 is 0 Å². The van der Waals surface area contributed by atoms with Gasteiger partial charge in [0.25, 0.3) is 0 Å². The van der Waals surface area contributed by atoms with Crippen LogP contribution < -0.4 is 15.4 Å². The lowest BCUT2D eigenvalue weighted by atomic mass is 9.90. The largest absolute Gasteiger partial charge is 0.486 e. The zero-order valence-corrected chi connectivity index (χ0v) is 23.1. The van der Waals surface area contributed by atoms with Crippen LogP contribution in [-0.4, -0.2) is 45.9 Å². The number of anilines is 3. The van der Waals surface area contributed by atoms with Crippen molar-refractivity contribution in [1.82, 2.24) is 19.9 Å². The van der Waals surface area contributed by atoms with Crippen molar-refractivity contribution in [3.63, 3.8) is 0 Å². The van der Waals surface area contributed by atoms with Crippen molar-refractivity contribution >= 4 is 45.6 Å². The third-order valence-electron chi connectivity index (χ3n) is 6.68. The van der Waals surface area contributed by atoms with Crippen molar-refractivity contribution in [1.29, 1.82) is 0 Å². The Labute approximate surface area is 238 Å². The maximum atomic E-state index is 12.3. The second-order valence-electron chi connectivity index (χ2n) is 10.0. The number of ether oxygens (including phenoxy) is 1. The molecule has 1 aliphatic rings. The minimum atomic E-state index is -0.325. The van der Waals surface area contributed by atoms with Crippen LogP contribution in [0.2, 0.25) is 5.02 Å². The number of fused-ring (bicyclic) bond motifs is 1. The third-order valence-corrected chi connectivity index (χ3v) is 6.97. The van der Waals surface area contributed by atoms with E-state index >= 15 is 0 Å². The highest BCUT2D eigenvalue weighted by Gasteiger charge is 2.30. The molecule has 9 heteroatoms. The molecule has 3 heterocycles. The van der Waals surface area contributed by atoms with Crippen molar-refractivity contribution in [2.45, 2.75) is 20.0 Å². The summed E-state index contributed by atoms with van der Waals surface area (Å²) in [6, 6.07) is 14.8. The van der Waals surface area contributed by atoms with Crippen molar-refractivity contribution in [3.05, 3.63) is 90.0 Å². The first-order valence-corrected chi connectivity index (χ1v) is 13.2. The monoisotopic (exact) mass is 552 g/mol. The molecule has 0 spiro atoms. The van der Waals surface area contributed by atoms with E-state index in [-0.39, 0.29) is 11.3 Å². The highest BCUT2D eigenvalue weighted by Crippen LogP contribution is 2.33. The molecule has 0 aliphatic carbocycles. The average Bonchev–Trinajstić information content (AvgIpc) is 3.30. The van der Waals surface area contributed by atoms with Crippen molar-refractivity contribution in [3.8, 4) is 17.6 Å². The Morgan fingerprint density at radius 3 is 2.83 bits per heavy atom. The number of likely N-dealkylation sites (tertiary alicyclic amines) is 1. The van der Waals surface area contributed by atoms with E-state index in [9.17, 15) is 4.79 Å².